The molecule has 1 aliphatic rings. The molecule has 9 heteroatoms. The van der Waals surface area contributed by atoms with E-state index in [-0.39, 0.29) is 5.56 Å². The van der Waals surface area contributed by atoms with Crippen LogP contribution in [0.5, 0.6) is 5.75 Å². The van der Waals surface area contributed by atoms with Crippen molar-refractivity contribution in [2.75, 3.05) is 18.0 Å². The zero-order chi connectivity index (χ0) is 19.7. The number of aliphatic hydroxyl groups is 1. The van der Waals surface area contributed by atoms with Gasteiger partial charge in [-0.3, -0.25) is 0 Å². The average Bonchev–Trinajstić information content (AvgIpc) is 2.39. The Bertz CT molecular complexity index is 652. The van der Waals surface area contributed by atoms with Crippen molar-refractivity contribution in [3.8, 4) is 5.75 Å². The van der Waals surface area contributed by atoms with Gasteiger partial charge in [0.1, 0.15) is 11.4 Å². The lowest BCUT2D eigenvalue weighted by molar-refractivity contribution is -0.274. The van der Waals surface area contributed by atoms with Gasteiger partial charge in [-0.1, -0.05) is 6.07 Å². The lowest BCUT2D eigenvalue weighted by Gasteiger charge is -2.38. The summed E-state index contributed by atoms with van der Waals surface area (Å²) in [5.41, 5.74) is -0.0575. The van der Waals surface area contributed by atoms with Gasteiger partial charge in [-0.2, -0.15) is 0 Å². The maximum atomic E-state index is 12.8. The zero-order valence-corrected chi connectivity index (χ0v) is 15.1. The number of rotatable bonds is 4. The standard InChI is InChI=1S/C17H23F3N2O4/c1-10(21-15(24)26-16(2,3)4)13-6-5-11(22-8-12(23)9-22)7-14(13)25-17(18,19)20/h5-7,10,12,23H,8-9H2,1-4H3,(H,21,24)/t10-/m0/s1. The predicted molar refractivity (Wildman–Crippen MR) is 89.1 cm³/mol. The molecule has 0 saturated carbocycles. The second-order valence-corrected chi connectivity index (χ2v) is 7.20. The lowest BCUT2D eigenvalue weighted by Crippen LogP contribution is -2.50. The lowest BCUT2D eigenvalue weighted by atomic mass is 10.0. The molecule has 1 aromatic rings. The fraction of sp³-hybridized carbons (Fsp3) is 0.588. The van der Waals surface area contributed by atoms with Crippen LogP contribution in [0.1, 0.15) is 39.3 Å². The number of hydrogen-bond acceptors (Lipinski definition) is 5. The summed E-state index contributed by atoms with van der Waals surface area (Å²) >= 11 is 0. The van der Waals surface area contributed by atoms with Crippen LogP contribution in [0.15, 0.2) is 18.2 Å². The number of β-amino-alcohol motifs (C(OH)–C–C–N with tert-alkyl or cyclic N) is 1. The molecule has 1 fully saturated rings. The summed E-state index contributed by atoms with van der Waals surface area (Å²) in [4.78, 5) is 13.6. The van der Waals surface area contributed by atoms with Gasteiger partial charge >= 0.3 is 12.5 Å². The van der Waals surface area contributed by atoms with Crippen LogP contribution in [0, 0.1) is 0 Å². The Kier molecular flexibility index (Phi) is 5.60. The van der Waals surface area contributed by atoms with E-state index in [1.807, 2.05) is 0 Å². The van der Waals surface area contributed by atoms with Gasteiger partial charge in [0.05, 0.1) is 12.1 Å². The van der Waals surface area contributed by atoms with Crippen LogP contribution in [0.25, 0.3) is 0 Å². The summed E-state index contributed by atoms with van der Waals surface area (Å²) in [7, 11) is 0. The second-order valence-electron chi connectivity index (χ2n) is 7.20. The maximum absolute atomic E-state index is 12.8. The van der Waals surface area contributed by atoms with E-state index >= 15 is 0 Å². The van der Waals surface area contributed by atoms with E-state index in [1.54, 1.807) is 31.7 Å². The van der Waals surface area contributed by atoms with Crippen molar-refractivity contribution in [1.82, 2.24) is 5.32 Å². The number of ether oxygens (including phenoxy) is 2. The van der Waals surface area contributed by atoms with Crippen molar-refractivity contribution in [2.24, 2.45) is 0 Å². The minimum absolute atomic E-state index is 0.165. The third-order valence-corrected chi connectivity index (χ3v) is 3.65. The summed E-state index contributed by atoms with van der Waals surface area (Å²) in [6.07, 6.45) is -6.10. The van der Waals surface area contributed by atoms with Crippen LogP contribution in [0.2, 0.25) is 0 Å². The van der Waals surface area contributed by atoms with Crippen molar-refractivity contribution in [3.63, 3.8) is 0 Å². The van der Waals surface area contributed by atoms with Crippen LogP contribution in [0.4, 0.5) is 23.7 Å². The van der Waals surface area contributed by atoms with Crippen LogP contribution < -0.4 is 15.0 Å². The first-order valence-electron chi connectivity index (χ1n) is 8.16. The number of hydrogen-bond donors (Lipinski definition) is 2. The molecule has 1 amide bonds. The number of carbonyl (C=O) groups is 1. The first-order valence-corrected chi connectivity index (χ1v) is 8.16. The largest absolute Gasteiger partial charge is 0.573 e. The molecular formula is C17H23F3N2O4. The minimum atomic E-state index is -4.87. The van der Waals surface area contributed by atoms with Crippen molar-refractivity contribution in [2.45, 2.75) is 51.8 Å². The fourth-order valence-electron chi connectivity index (χ4n) is 2.52. The van der Waals surface area contributed by atoms with Gasteiger partial charge in [0.15, 0.2) is 0 Å². The van der Waals surface area contributed by atoms with Crippen molar-refractivity contribution < 1.29 is 32.5 Å². The topological polar surface area (TPSA) is 71.0 Å². The maximum Gasteiger partial charge on any atom is 0.573 e. The minimum Gasteiger partial charge on any atom is -0.444 e. The molecule has 0 radical (unpaired) electrons. The SMILES string of the molecule is C[C@H](NC(=O)OC(C)(C)C)c1ccc(N2CC(O)C2)cc1OC(F)(F)F. The van der Waals surface area contributed by atoms with E-state index in [9.17, 15) is 23.1 Å². The smallest absolute Gasteiger partial charge is 0.444 e. The Hall–Kier alpha value is -2.16. The van der Waals surface area contributed by atoms with E-state index in [1.165, 1.54) is 19.1 Å². The number of amides is 1. The summed E-state index contributed by atoms with van der Waals surface area (Å²) < 4.78 is 47.6. The first-order chi connectivity index (χ1) is 11.8. The van der Waals surface area contributed by atoms with E-state index in [2.05, 4.69) is 10.1 Å². The Morgan fingerprint density at radius 2 is 1.92 bits per heavy atom. The highest BCUT2D eigenvalue weighted by Gasteiger charge is 2.34. The first kappa shape index (κ1) is 20.2. The molecule has 1 aromatic carbocycles. The predicted octanol–water partition coefficient (Wildman–Crippen LogP) is 3.35. The Labute approximate surface area is 149 Å². The molecular weight excluding hydrogens is 353 g/mol. The zero-order valence-electron chi connectivity index (χ0n) is 15.1. The summed E-state index contributed by atoms with van der Waals surface area (Å²) in [6, 6.07) is 3.57. The van der Waals surface area contributed by atoms with E-state index in [0.717, 1.165) is 0 Å². The van der Waals surface area contributed by atoms with E-state index in [4.69, 9.17) is 4.74 Å². The monoisotopic (exact) mass is 376 g/mol. The Morgan fingerprint density at radius 3 is 2.42 bits per heavy atom. The van der Waals surface area contributed by atoms with E-state index in [0.29, 0.717) is 18.8 Å². The number of nitrogens with one attached hydrogen (secondary N) is 1. The fourth-order valence-corrected chi connectivity index (χ4v) is 2.52. The average molecular weight is 376 g/mol. The highest BCUT2D eigenvalue weighted by Crippen LogP contribution is 2.35. The number of benzene rings is 1. The third kappa shape index (κ3) is 5.69. The van der Waals surface area contributed by atoms with Gasteiger partial charge in [-0.15, -0.1) is 13.2 Å². The highest BCUT2D eigenvalue weighted by molar-refractivity contribution is 5.69. The molecule has 0 spiro atoms. The van der Waals surface area contributed by atoms with Gasteiger partial charge in [-0.05, 0) is 33.8 Å². The van der Waals surface area contributed by atoms with Gasteiger partial charge in [0.25, 0.3) is 0 Å². The van der Waals surface area contributed by atoms with Gasteiger partial charge < -0.3 is 24.8 Å². The van der Waals surface area contributed by atoms with Crippen LogP contribution in [-0.2, 0) is 4.74 Å². The number of alkyl halides is 3. The van der Waals surface area contributed by atoms with Crippen molar-refractivity contribution in [3.05, 3.63) is 23.8 Å². The van der Waals surface area contributed by atoms with Gasteiger partial charge in [-0.25, -0.2) is 4.79 Å². The normalized spacial score (nSPS) is 16.7. The molecule has 6 nitrogen and oxygen atoms in total. The van der Waals surface area contributed by atoms with Crippen LogP contribution >= 0.6 is 0 Å². The summed E-state index contributed by atoms with van der Waals surface area (Å²) in [5.74, 6) is -0.403. The highest BCUT2D eigenvalue weighted by atomic mass is 19.4. The molecule has 2 N–H and O–H groups in total. The molecule has 0 bridgehead atoms. The summed E-state index contributed by atoms with van der Waals surface area (Å²) in [6.45, 7) is 7.28. The Balaban J connectivity index is 2.21. The number of aliphatic hydroxyl groups excluding tert-OH is 1. The van der Waals surface area contributed by atoms with Crippen LogP contribution in [0.3, 0.4) is 0 Å². The molecule has 26 heavy (non-hydrogen) atoms. The van der Waals surface area contributed by atoms with E-state index < -0.39 is 36.0 Å². The van der Waals surface area contributed by atoms with Gasteiger partial charge in [0, 0.05) is 30.4 Å². The number of halogens is 3. The van der Waals surface area contributed by atoms with Gasteiger partial charge in [0.2, 0.25) is 0 Å². The molecule has 1 saturated heterocycles. The summed E-state index contributed by atoms with van der Waals surface area (Å²) in [5, 5.41) is 11.9. The molecule has 1 aliphatic heterocycles. The van der Waals surface area contributed by atoms with Crippen molar-refractivity contribution in [1.29, 1.82) is 0 Å². The number of carbonyl (C=O) groups excluding carboxylic acids is 1. The molecule has 2 rings (SSSR count). The molecule has 0 unspecified atom stereocenters. The van der Waals surface area contributed by atoms with Crippen LogP contribution in [-0.4, -0.2) is 42.4 Å². The van der Waals surface area contributed by atoms with Crippen molar-refractivity contribution >= 4 is 11.8 Å². The molecule has 1 heterocycles. The second kappa shape index (κ2) is 7.22. The number of nitrogens with zero attached hydrogens (tertiary/aromatic N) is 1. The molecule has 0 aromatic heterocycles. The molecule has 1 atom stereocenters. The molecule has 0 aliphatic carbocycles. The molecule has 146 valence electrons. The number of alkyl carbamates (subject to hydrolysis) is 1. The quantitative estimate of drug-likeness (QED) is 0.843. The number of anilines is 1. The third-order valence-electron chi connectivity index (χ3n) is 3.65. The Morgan fingerprint density at radius 1 is 1.31 bits per heavy atom.